The molecule has 2 aromatic rings. The molecule has 1 heterocycles. The van der Waals surface area contributed by atoms with Crippen LogP contribution in [0.5, 0.6) is 0 Å². The number of aromatic nitrogens is 3. The largest absolute Gasteiger partial charge is 0.398 e. The molecular formula is C12H11ClF3N3O2S2. The maximum Gasteiger partial charge on any atom is 0.398 e. The van der Waals surface area contributed by atoms with Crippen molar-refractivity contribution in [1.29, 1.82) is 0 Å². The van der Waals surface area contributed by atoms with E-state index in [0.29, 0.717) is 22.9 Å². The maximum absolute atomic E-state index is 12.3. The highest BCUT2D eigenvalue weighted by Gasteiger charge is 2.28. The van der Waals surface area contributed by atoms with Crippen LogP contribution in [0, 0.1) is 6.92 Å². The standard InChI is InChI=1S/C12H11ClF3N3O2S2/c1-7-3-4-8(5-9(7)23(13,20)21)10-17-11(19(2)18-10)22-6-12(14,15)16/h3-5H,6H2,1-2H3. The average molecular weight is 386 g/mol. The molecule has 0 unspecified atom stereocenters. The van der Waals surface area contributed by atoms with Crippen LogP contribution >= 0.6 is 22.4 Å². The second-order valence-electron chi connectivity index (χ2n) is 4.66. The molecule has 0 saturated heterocycles. The molecule has 0 spiro atoms. The number of thioether (sulfide) groups is 1. The summed E-state index contributed by atoms with van der Waals surface area (Å²) in [7, 11) is 2.88. The van der Waals surface area contributed by atoms with Crippen LogP contribution in [0.3, 0.4) is 0 Å². The Morgan fingerprint density at radius 3 is 2.57 bits per heavy atom. The summed E-state index contributed by atoms with van der Waals surface area (Å²) < 4.78 is 61.0. The van der Waals surface area contributed by atoms with Gasteiger partial charge in [-0.25, -0.2) is 18.1 Å². The second-order valence-corrected chi connectivity index (χ2v) is 8.14. The van der Waals surface area contributed by atoms with E-state index in [1.807, 2.05) is 0 Å². The van der Waals surface area contributed by atoms with Crippen LogP contribution in [-0.2, 0) is 16.1 Å². The summed E-state index contributed by atoms with van der Waals surface area (Å²) in [6.45, 7) is 1.58. The van der Waals surface area contributed by atoms with Gasteiger partial charge in [-0.1, -0.05) is 23.9 Å². The summed E-state index contributed by atoms with van der Waals surface area (Å²) >= 11 is 0.502. The van der Waals surface area contributed by atoms with E-state index in [9.17, 15) is 21.6 Å². The zero-order chi connectivity index (χ0) is 17.4. The van der Waals surface area contributed by atoms with Crippen LogP contribution < -0.4 is 0 Å². The van der Waals surface area contributed by atoms with Gasteiger partial charge in [-0.05, 0) is 18.6 Å². The van der Waals surface area contributed by atoms with Crippen molar-refractivity contribution >= 4 is 31.5 Å². The highest BCUT2D eigenvalue weighted by atomic mass is 35.7. The lowest BCUT2D eigenvalue weighted by atomic mass is 10.1. The minimum Gasteiger partial charge on any atom is -0.243 e. The Kier molecular flexibility index (Phi) is 4.97. The third kappa shape index (κ3) is 4.61. The molecule has 126 valence electrons. The topological polar surface area (TPSA) is 64.8 Å². The molecule has 0 saturated carbocycles. The first kappa shape index (κ1) is 18.1. The molecule has 0 atom stereocenters. The van der Waals surface area contributed by atoms with E-state index in [0.717, 1.165) is 0 Å². The molecule has 0 fully saturated rings. The van der Waals surface area contributed by atoms with Gasteiger partial charge in [0.05, 0.1) is 10.6 Å². The molecule has 0 radical (unpaired) electrons. The molecule has 0 amide bonds. The first-order valence-corrected chi connectivity index (χ1v) is 9.43. The van der Waals surface area contributed by atoms with Crippen LogP contribution in [-0.4, -0.2) is 35.1 Å². The SMILES string of the molecule is Cc1ccc(-c2nc(SCC(F)(F)F)n(C)n2)cc1S(=O)(=O)Cl. The van der Waals surface area contributed by atoms with E-state index < -0.39 is 21.0 Å². The van der Waals surface area contributed by atoms with Gasteiger partial charge in [0.15, 0.2) is 11.0 Å². The van der Waals surface area contributed by atoms with E-state index in [1.165, 1.54) is 23.9 Å². The molecule has 0 N–H and O–H groups in total. The lowest BCUT2D eigenvalue weighted by Gasteiger charge is -2.04. The summed E-state index contributed by atoms with van der Waals surface area (Å²) in [5.74, 6) is -0.965. The predicted octanol–water partition coefficient (Wildman–Crippen LogP) is 3.37. The van der Waals surface area contributed by atoms with Crippen molar-refractivity contribution in [3.05, 3.63) is 23.8 Å². The minimum absolute atomic E-state index is 0.0770. The molecule has 0 aliphatic rings. The van der Waals surface area contributed by atoms with Crippen molar-refractivity contribution in [2.24, 2.45) is 7.05 Å². The van der Waals surface area contributed by atoms with E-state index in [-0.39, 0.29) is 15.9 Å². The highest BCUT2D eigenvalue weighted by Crippen LogP contribution is 2.29. The Hall–Kier alpha value is -1.26. The lowest BCUT2D eigenvalue weighted by Crippen LogP contribution is -2.11. The Labute approximate surface area is 139 Å². The van der Waals surface area contributed by atoms with Gasteiger partial charge in [0.2, 0.25) is 0 Å². The Morgan fingerprint density at radius 1 is 1.35 bits per heavy atom. The van der Waals surface area contributed by atoms with Crippen LogP contribution in [0.25, 0.3) is 11.4 Å². The number of nitrogens with zero attached hydrogens (tertiary/aromatic N) is 3. The molecule has 1 aromatic carbocycles. The average Bonchev–Trinajstić information content (AvgIpc) is 2.76. The van der Waals surface area contributed by atoms with Crippen molar-refractivity contribution in [3.8, 4) is 11.4 Å². The molecule has 11 heteroatoms. The first-order chi connectivity index (χ1) is 10.5. The fraction of sp³-hybridized carbons (Fsp3) is 0.333. The Bertz CT molecular complexity index is 835. The third-order valence-corrected chi connectivity index (χ3v) is 5.35. The Balaban J connectivity index is 2.37. The summed E-state index contributed by atoms with van der Waals surface area (Å²) in [6.07, 6.45) is -4.32. The predicted molar refractivity (Wildman–Crippen MR) is 81.0 cm³/mol. The molecule has 1 aromatic heterocycles. The van der Waals surface area contributed by atoms with Gasteiger partial charge in [0.25, 0.3) is 9.05 Å². The van der Waals surface area contributed by atoms with Gasteiger partial charge < -0.3 is 0 Å². The van der Waals surface area contributed by atoms with E-state index in [2.05, 4.69) is 10.1 Å². The number of alkyl halides is 3. The van der Waals surface area contributed by atoms with Crippen LogP contribution in [0.4, 0.5) is 13.2 Å². The number of aryl methyl sites for hydroxylation is 2. The summed E-state index contributed by atoms with van der Waals surface area (Å²) in [5, 5.41) is 4.09. The molecule has 23 heavy (non-hydrogen) atoms. The quantitative estimate of drug-likeness (QED) is 0.596. The molecule has 0 aliphatic carbocycles. The van der Waals surface area contributed by atoms with E-state index in [4.69, 9.17) is 10.7 Å². The summed E-state index contributed by atoms with van der Waals surface area (Å²) in [4.78, 5) is 3.92. The van der Waals surface area contributed by atoms with Gasteiger partial charge >= 0.3 is 6.18 Å². The number of halogens is 4. The first-order valence-electron chi connectivity index (χ1n) is 6.13. The van der Waals surface area contributed by atoms with Gasteiger partial charge in [-0.2, -0.15) is 18.3 Å². The van der Waals surface area contributed by atoms with Crippen LogP contribution in [0.15, 0.2) is 28.3 Å². The second kappa shape index (κ2) is 6.33. The highest BCUT2D eigenvalue weighted by molar-refractivity contribution is 8.13. The summed E-state index contributed by atoms with van der Waals surface area (Å²) in [6, 6.07) is 4.41. The van der Waals surface area contributed by atoms with Crippen molar-refractivity contribution in [1.82, 2.24) is 14.8 Å². The van der Waals surface area contributed by atoms with Gasteiger partial charge in [0.1, 0.15) is 0 Å². The monoisotopic (exact) mass is 385 g/mol. The lowest BCUT2D eigenvalue weighted by molar-refractivity contribution is -0.105. The normalized spacial score (nSPS) is 12.6. The minimum atomic E-state index is -4.32. The fourth-order valence-corrected chi connectivity index (χ4v) is 3.66. The molecule has 0 bridgehead atoms. The maximum atomic E-state index is 12.3. The van der Waals surface area contributed by atoms with E-state index >= 15 is 0 Å². The molecule has 2 rings (SSSR count). The fourth-order valence-electron chi connectivity index (χ4n) is 1.77. The van der Waals surface area contributed by atoms with Gasteiger partial charge in [0, 0.05) is 23.3 Å². The molecular weight excluding hydrogens is 375 g/mol. The van der Waals surface area contributed by atoms with E-state index in [1.54, 1.807) is 13.0 Å². The number of benzene rings is 1. The zero-order valence-electron chi connectivity index (χ0n) is 11.9. The van der Waals surface area contributed by atoms with Gasteiger partial charge in [-0.3, -0.25) is 0 Å². The van der Waals surface area contributed by atoms with Crippen molar-refractivity contribution < 1.29 is 21.6 Å². The van der Waals surface area contributed by atoms with Gasteiger partial charge in [-0.15, -0.1) is 0 Å². The third-order valence-electron chi connectivity index (χ3n) is 2.80. The van der Waals surface area contributed by atoms with Crippen LogP contribution in [0.1, 0.15) is 5.56 Å². The molecule has 5 nitrogen and oxygen atoms in total. The van der Waals surface area contributed by atoms with Crippen LogP contribution in [0.2, 0.25) is 0 Å². The summed E-state index contributed by atoms with van der Waals surface area (Å²) in [5.41, 5.74) is 0.802. The molecule has 0 aliphatic heterocycles. The van der Waals surface area contributed by atoms with Crippen molar-refractivity contribution in [3.63, 3.8) is 0 Å². The van der Waals surface area contributed by atoms with Crippen molar-refractivity contribution in [2.75, 3.05) is 5.75 Å². The smallest absolute Gasteiger partial charge is 0.243 e. The Morgan fingerprint density at radius 2 is 2.00 bits per heavy atom. The zero-order valence-corrected chi connectivity index (χ0v) is 14.3. The number of rotatable bonds is 4. The number of hydrogen-bond donors (Lipinski definition) is 0. The number of hydrogen-bond acceptors (Lipinski definition) is 5. The van der Waals surface area contributed by atoms with Crippen molar-refractivity contribution in [2.45, 2.75) is 23.2 Å².